The molecule has 0 aliphatic carbocycles. The number of hydrogen-bond acceptors (Lipinski definition) is 3. The Balaban J connectivity index is 1.63. The molecule has 0 atom stereocenters. The van der Waals surface area contributed by atoms with Gasteiger partial charge in [-0.15, -0.1) is 0 Å². The molecule has 0 saturated carbocycles. The fourth-order valence-corrected chi connectivity index (χ4v) is 2.81. The smallest absolute Gasteiger partial charge is 0.339 e. The van der Waals surface area contributed by atoms with Crippen molar-refractivity contribution < 1.29 is 19.4 Å². The lowest BCUT2D eigenvalue weighted by molar-refractivity contribution is 0.0692. The minimum atomic E-state index is -1.00. The van der Waals surface area contributed by atoms with E-state index in [0.717, 1.165) is 22.1 Å². The molecule has 0 amide bonds. The Morgan fingerprint density at radius 3 is 2.58 bits per heavy atom. The molecule has 0 fully saturated rings. The van der Waals surface area contributed by atoms with Crippen molar-refractivity contribution in [3.8, 4) is 11.5 Å². The Morgan fingerprint density at radius 2 is 1.81 bits per heavy atom. The monoisotopic (exact) mass is 370 g/mol. The first-order chi connectivity index (χ1) is 12.6. The summed E-state index contributed by atoms with van der Waals surface area (Å²) in [6.45, 7) is 2.75. The van der Waals surface area contributed by atoms with E-state index in [4.69, 9.17) is 21.1 Å². The fraction of sp³-hybridized carbons (Fsp3) is 0.190. The zero-order valence-corrected chi connectivity index (χ0v) is 15.1. The van der Waals surface area contributed by atoms with Gasteiger partial charge in [0.1, 0.15) is 17.1 Å². The molecule has 26 heavy (non-hydrogen) atoms. The number of carboxylic acid groups (broad SMARTS) is 1. The van der Waals surface area contributed by atoms with Crippen LogP contribution in [0.25, 0.3) is 10.8 Å². The van der Waals surface area contributed by atoms with Crippen LogP contribution in [0.15, 0.2) is 54.6 Å². The van der Waals surface area contributed by atoms with Crippen LogP contribution >= 0.6 is 11.6 Å². The third-order valence-corrected chi connectivity index (χ3v) is 4.47. The van der Waals surface area contributed by atoms with Crippen LogP contribution in [0.5, 0.6) is 11.5 Å². The second-order valence-corrected chi connectivity index (χ2v) is 6.34. The van der Waals surface area contributed by atoms with Gasteiger partial charge in [-0.05, 0) is 42.1 Å². The maximum absolute atomic E-state index is 11.5. The highest BCUT2D eigenvalue weighted by Gasteiger charge is 2.14. The van der Waals surface area contributed by atoms with Crippen LogP contribution in [-0.2, 0) is 0 Å². The van der Waals surface area contributed by atoms with E-state index >= 15 is 0 Å². The molecule has 0 heterocycles. The molecule has 0 spiro atoms. The molecule has 0 radical (unpaired) electrons. The topological polar surface area (TPSA) is 55.8 Å². The standard InChI is InChI=1S/C21H19ClO4/c1-14-13-16(8-10-19(14)22)25-11-4-12-26-20-17-6-3-2-5-15(17)7-9-18(20)21(23)24/h2-3,5-10,13H,4,11-12H2,1H3,(H,23,24). The van der Waals surface area contributed by atoms with Gasteiger partial charge >= 0.3 is 5.97 Å². The first-order valence-corrected chi connectivity index (χ1v) is 8.71. The van der Waals surface area contributed by atoms with Crippen LogP contribution in [0.2, 0.25) is 5.02 Å². The van der Waals surface area contributed by atoms with Crippen molar-refractivity contribution in [1.82, 2.24) is 0 Å². The largest absolute Gasteiger partial charge is 0.493 e. The molecule has 1 N–H and O–H groups in total. The number of hydrogen-bond donors (Lipinski definition) is 1. The van der Waals surface area contributed by atoms with Crippen LogP contribution in [0.1, 0.15) is 22.3 Å². The molecule has 3 aromatic carbocycles. The van der Waals surface area contributed by atoms with Crippen LogP contribution in [0.4, 0.5) is 0 Å². The molecule has 0 saturated heterocycles. The summed E-state index contributed by atoms with van der Waals surface area (Å²) in [5.41, 5.74) is 1.13. The molecule has 0 bridgehead atoms. The van der Waals surface area contributed by atoms with E-state index in [2.05, 4.69) is 0 Å². The Labute approximate surface area is 156 Å². The average molecular weight is 371 g/mol. The lowest BCUT2D eigenvalue weighted by Gasteiger charge is -2.13. The molecule has 0 aliphatic heterocycles. The van der Waals surface area contributed by atoms with Crippen molar-refractivity contribution in [3.05, 3.63) is 70.7 Å². The maximum atomic E-state index is 11.5. The first kappa shape index (κ1) is 18.1. The summed E-state index contributed by atoms with van der Waals surface area (Å²) in [6, 6.07) is 16.5. The number of halogens is 1. The van der Waals surface area contributed by atoms with Gasteiger partial charge in [0.05, 0.1) is 13.2 Å². The number of aryl methyl sites for hydroxylation is 1. The first-order valence-electron chi connectivity index (χ1n) is 8.33. The van der Waals surface area contributed by atoms with E-state index in [9.17, 15) is 9.90 Å². The van der Waals surface area contributed by atoms with Gasteiger partial charge in [-0.2, -0.15) is 0 Å². The van der Waals surface area contributed by atoms with Gasteiger partial charge in [0.25, 0.3) is 0 Å². The van der Waals surface area contributed by atoms with Gasteiger partial charge in [-0.25, -0.2) is 4.79 Å². The molecular formula is C21H19ClO4. The highest BCUT2D eigenvalue weighted by Crippen LogP contribution is 2.30. The number of ether oxygens (including phenoxy) is 2. The number of benzene rings is 3. The minimum absolute atomic E-state index is 0.165. The third kappa shape index (κ3) is 4.09. The molecule has 5 heteroatoms. The van der Waals surface area contributed by atoms with Crippen LogP contribution in [0, 0.1) is 6.92 Å². The van der Waals surface area contributed by atoms with Gasteiger partial charge in [-0.3, -0.25) is 0 Å². The van der Waals surface area contributed by atoms with E-state index in [0.29, 0.717) is 30.4 Å². The van der Waals surface area contributed by atoms with Crippen molar-refractivity contribution in [2.45, 2.75) is 13.3 Å². The predicted molar refractivity (Wildman–Crippen MR) is 103 cm³/mol. The highest BCUT2D eigenvalue weighted by atomic mass is 35.5. The Bertz CT molecular complexity index is 936. The number of carbonyl (C=O) groups is 1. The van der Waals surface area contributed by atoms with E-state index in [1.807, 2.05) is 43.3 Å². The summed E-state index contributed by atoms with van der Waals surface area (Å²) in [5.74, 6) is 0.153. The number of aromatic carboxylic acids is 1. The molecule has 0 unspecified atom stereocenters. The van der Waals surface area contributed by atoms with Crippen LogP contribution < -0.4 is 9.47 Å². The van der Waals surface area contributed by atoms with E-state index < -0.39 is 5.97 Å². The molecule has 0 aliphatic rings. The highest BCUT2D eigenvalue weighted by molar-refractivity contribution is 6.31. The summed E-state index contributed by atoms with van der Waals surface area (Å²) in [6.07, 6.45) is 0.629. The zero-order valence-electron chi connectivity index (χ0n) is 14.4. The number of fused-ring (bicyclic) bond motifs is 1. The predicted octanol–water partition coefficient (Wildman–Crippen LogP) is 5.35. The molecule has 134 valence electrons. The quantitative estimate of drug-likeness (QED) is 0.570. The zero-order chi connectivity index (χ0) is 18.5. The maximum Gasteiger partial charge on any atom is 0.339 e. The lowest BCUT2D eigenvalue weighted by Crippen LogP contribution is -2.08. The fourth-order valence-electron chi connectivity index (χ4n) is 2.70. The van der Waals surface area contributed by atoms with Crippen molar-refractivity contribution in [1.29, 1.82) is 0 Å². The number of carboxylic acids is 1. The molecule has 0 aromatic heterocycles. The third-order valence-electron chi connectivity index (χ3n) is 4.04. The SMILES string of the molecule is Cc1cc(OCCCOc2c(C(=O)O)ccc3ccccc23)ccc1Cl. The van der Waals surface area contributed by atoms with Crippen molar-refractivity contribution in [2.75, 3.05) is 13.2 Å². The van der Waals surface area contributed by atoms with E-state index in [-0.39, 0.29) is 5.56 Å². The summed E-state index contributed by atoms with van der Waals surface area (Å²) in [7, 11) is 0. The molecular weight excluding hydrogens is 352 g/mol. The summed E-state index contributed by atoms with van der Waals surface area (Å²) >= 11 is 6.00. The molecule has 3 aromatic rings. The second kappa shape index (κ2) is 8.11. The van der Waals surface area contributed by atoms with Crippen LogP contribution in [-0.4, -0.2) is 24.3 Å². The van der Waals surface area contributed by atoms with Crippen molar-refractivity contribution in [2.24, 2.45) is 0 Å². The average Bonchev–Trinajstić information content (AvgIpc) is 2.64. The van der Waals surface area contributed by atoms with E-state index in [1.165, 1.54) is 0 Å². The Kier molecular flexibility index (Phi) is 5.64. The second-order valence-electron chi connectivity index (χ2n) is 5.93. The van der Waals surface area contributed by atoms with Gasteiger partial charge in [0, 0.05) is 16.8 Å². The Hall–Kier alpha value is -2.72. The summed E-state index contributed by atoms with van der Waals surface area (Å²) in [4.78, 5) is 11.5. The lowest BCUT2D eigenvalue weighted by atomic mass is 10.1. The van der Waals surface area contributed by atoms with Gasteiger partial charge < -0.3 is 14.6 Å². The van der Waals surface area contributed by atoms with Gasteiger partial charge in [0.15, 0.2) is 0 Å². The summed E-state index contributed by atoms with van der Waals surface area (Å²) < 4.78 is 11.5. The van der Waals surface area contributed by atoms with E-state index in [1.54, 1.807) is 18.2 Å². The molecule has 4 nitrogen and oxygen atoms in total. The van der Waals surface area contributed by atoms with Crippen molar-refractivity contribution >= 4 is 28.3 Å². The van der Waals surface area contributed by atoms with Gasteiger partial charge in [-0.1, -0.05) is 41.9 Å². The normalized spacial score (nSPS) is 10.7. The van der Waals surface area contributed by atoms with Crippen LogP contribution in [0.3, 0.4) is 0 Å². The molecule has 3 rings (SSSR count). The summed E-state index contributed by atoms with van der Waals surface area (Å²) in [5, 5.41) is 11.9. The van der Waals surface area contributed by atoms with Crippen molar-refractivity contribution in [3.63, 3.8) is 0 Å². The Morgan fingerprint density at radius 1 is 1.04 bits per heavy atom. The van der Waals surface area contributed by atoms with Gasteiger partial charge in [0.2, 0.25) is 0 Å². The minimum Gasteiger partial charge on any atom is -0.493 e. The number of rotatable bonds is 7.